The van der Waals surface area contributed by atoms with Crippen LogP contribution in [0.3, 0.4) is 0 Å². The summed E-state index contributed by atoms with van der Waals surface area (Å²) in [6.07, 6.45) is 9.88. The van der Waals surface area contributed by atoms with E-state index in [1.807, 2.05) is 18.2 Å². The molecular formula is C21H28N2O3. The van der Waals surface area contributed by atoms with Gasteiger partial charge in [0.15, 0.2) is 0 Å². The molecular weight excluding hydrogens is 328 g/mol. The van der Waals surface area contributed by atoms with Crippen LogP contribution >= 0.6 is 0 Å². The highest BCUT2D eigenvalue weighted by molar-refractivity contribution is 6.06. The van der Waals surface area contributed by atoms with E-state index in [1.165, 1.54) is 32.1 Å². The molecule has 5 heteroatoms. The van der Waals surface area contributed by atoms with Gasteiger partial charge in [0.1, 0.15) is 0 Å². The molecule has 0 atom stereocenters. The van der Waals surface area contributed by atoms with Crippen LogP contribution in [0.25, 0.3) is 10.8 Å². The van der Waals surface area contributed by atoms with Gasteiger partial charge in [0.2, 0.25) is 0 Å². The number of rotatable bonds is 5. The molecule has 0 bridgehead atoms. The summed E-state index contributed by atoms with van der Waals surface area (Å²) in [5.74, 6) is -0.0852. The average molecular weight is 356 g/mol. The predicted octanol–water partition coefficient (Wildman–Crippen LogP) is 3.49. The molecule has 1 amide bonds. The number of methoxy groups -OCH3 is 1. The van der Waals surface area contributed by atoms with E-state index in [0.717, 1.165) is 18.2 Å². The van der Waals surface area contributed by atoms with Crippen molar-refractivity contribution in [3.05, 3.63) is 46.4 Å². The zero-order chi connectivity index (χ0) is 18.4. The molecule has 1 aromatic carbocycles. The number of carbonyl (C=O) groups excluding carboxylic acids is 1. The van der Waals surface area contributed by atoms with Crippen LogP contribution in [0.2, 0.25) is 0 Å². The first-order valence-corrected chi connectivity index (χ1v) is 9.62. The van der Waals surface area contributed by atoms with Gasteiger partial charge in [0.05, 0.1) is 12.2 Å². The van der Waals surface area contributed by atoms with Crippen molar-refractivity contribution in [2.24, 2.45) is 0 Å². The van der Waals surface area contributed by atoms with E-state index in [-0.39, 0.29) is 17.5 Å². The minimum absolute atomic E-state index is 0.0832. The highest BCUT2D eigenvalue weighted by Gasteiger charge is 2.19. The third kappa shape index (κ3) is 4.33. The van der Waals surface area contributed by atoms with Crippen molar-refractivity contribution < 1.29 is 9.53 Å². The summed E-state index contributed by atoms with van der Waals surface area (Å²) in [4.78, 5) is 25.7. The number of pyridine rings is 1. The van der Waals surface area contributed by atoms with Crippen LogP contribution in [0, 0.1) is 0 Å². The van der Waals surface area contributed by atoms with Crippen molar-refractivity contribution in [1.29, 1.82) is 0 Å². The Labute approximate surface area is 154 Å². The molecule has 0 radical (unpaired) electrons. The first kappa shape index (κ1) is 18.6. The third-order valence-electron chi connectivity index (χ3n) is 5.21. The SMILES string of the molecule is COCCn1cc(C(=O)NC2CCCCCCC2)c2ccccc2c1=O. The lowest BCUT2D eigenvalue weighted by atomic mass is 9.96. The van der Waals surface area contributed by atoms with E-state index >= 15 is 0 Å². The maximum Gasteiger partial charge on any atom is 0.258 e. The number of nitrogens with zero attached hydrogens (tertiary/aromatic N) is 1. The lowest BCUT2D eigenvalue weighted by molar-refractivity contribution is 0.0931. The van der Waals surface area contributed by atoms with E-state index in [4.69, 9.17) is 4.74 Å². The second kappa shape index (κ2) is 8.99. The summed E-state index contributed by atoms with van der Waals surface area (Å²) >= 11 is 0. The molecule has 5 nitrogen and oxygen atoms in total. The molecule has 1 aliphatic rings. The van der Waals surface area contributed by atoms with E-state index in [9.17, 15) is 9.59 Å². The van der Waals surface area contributed by atoms with Crippen LogP contribution in [-0.2, 0) is 11.3 Å². The van der Waals surface area contributed by atoms with Crippen molar-refractivity contribution in [2.45, 2.75) is 57.5 Å². The fraction of sp³-hybridized carbons (Fsp3) is 0.524. The number of fused-ring (bicyclic) bond motifs is 1. The molecule has 140 valence electrons. The second-order valence-corrected chi connectivity index (χ2v) is 7.10. The number of benzene rings is 1. The highest BCUT2D eigenvalue weighted by Crippen LogP contribution is 2.19. The van der Waals surface area contributed by atoms with Gasteiger partial charge in [0, 0.05) is 36.7 Å². The number of amides is 1. The number of carbonyl (C=O) groups is 1. The van der Waals surface area contributed by atoms with Gasteiger partial charge in [-0.25, -0.2) is 0 Å². The summed E-state index contributed by atoms with van der Waals surface area (Å²) in [6.45, 7) is 0.867. The van der Waals surface area contributed by atoms with Crippen LogP contribution in [0.1, 0.15) is 55.3 Å². The smallest absolute Gasteiger partial charge is 0.258 e. The second-order valence-electron chi connectivity index (χ2n) is 7.10. The Balaban J connectivity index is 1.90. The fourth-order valence-corrected chi connectivity index (χ4v) is 3.74. The quantitative estimate of drug-likeness (QED) is 0.892. The maximum absolute atomic E-state index is 13.0. The van der Waals surface area contributed by atoms with Gasteiger partial charge in [-0.15, -0.1) is 0 Å². The average Bonchev–Trinajstić information content (AvgIpc) is 2.63. The minimum Gasteiger partial charge on any atom is -0.383 e. The van der Waals surface area contributed by atoms with Crippen molar-refractivity contribution in [3.8, 4) is 0 Å². The van der Waals surface area contributed by atoms with Crippen LogP contribution in [0.4, 0.5) is 0 Å². The van der Waals surface area contributed by atoms with E-state index in [0.29, 0.717) is 24.1 Å². The molecule has 2 aromatic rings. The molecule has 1 N–H and O–H groups in total. The van der Waals surface area contributed by atoms with Crippen LogP contribution in [-0.4, -0.2) is 30.2 Å². The molecule has 1 saturated carbocycles. The monoisotopic (exact) mass is 356 g/mol. The Morgan fingerprint density at radius 2 is 1.77 bits per heavy atom. The Bertz CT molecular complexity index is 804. The third-order valence-corrected chi connectivity index (χ3v) is 5.21. The van der Waals surface area contributed by atoms with E-state index < -0.39 is 0 Å². The Morgan fingerprint density at radius 3 is 2.46 bits per heavy atom. The van der Waals surface area contributed by atoms with Gasteiger partial charge in [0.25, 0.3) is 11.5 Å². The molecule has 3 rings (SSSR count). The molecule has 1 aliphatic carbocycles. The zero-order valence-electron chi connectivity index (χ0n) is 15.5. The number of ether oxygens (including phenoxy) is 1. The minimum atomic E-state index is -0.0852. The summed E-state index contributed by atoms with van der Waals surface area (Å²) in [6, 6.07) is 7.56. The van der Waals surface area contributed by atoms with Gasteiger partial charge < -0.3 is 14.6 Å². The normalized spacial score (nSPS) is 16.2. The summed E-state index contributed by atoms with van der Waals surface area (Å²) < 4.78 is 6.68. The first-order chi connectivity index (χ1) is 12.7. The number of nitrogens with one attached hydrogen (secondary N) is 1. The maximum atomic E-state index is 13.0. The highest BCUT2D eigenvalue weighted by atomic mass is 16.5. The topological polar surface area (TPSA) is 60.3 Å². The molecule has 1 heterocycles. The van der Waals surface area contributed by atoms with E-state index in [1.54, 1.807) is 23.9 Å². The Kier molecular flexibility index (Phi) is 6.45. The van der Waals surface area contributed by atoms with Gasteiger partial charge in [-0.1, -0.05) is 50.3 Å². The number of hydrogen-bond donors (Lipinski definition) is 1. The summed E-state index contributed by atoms with van der Waals surface area (Å²) in [7, 11) is 1.61. The van der Waals surface area contributed by atoms with Gasteiger partial charge >= 0.3 is 0 Å². The van der Waals surface area contributed by atoms with Crippen LogP contribution in [0.15, 0.2) is 35.3 Å². The van der Waals surface area contributed by atoms with Gasteiger partial charge in [-0.2, -0.15) is 0 Å². The molecule has 1 aromatic heterocycles. The van der Waals surface area contributed by atoms with Gasteiger partial charge in [-0.3, -0.25) is 9.59 Å². The molecule has 1 fully saturated rings. The molecule has 0 spiro atoms. The lowest BCUT2D eigenvalue weighted by Crippen LogP contribution is -2.36. The Morgan fingerprint density at radius 1 is 1.12 bits per heavy atom. The van der Waals surface area contributed by atoms with Crippen molar-refractivity contribution in [3.63, 3.8) is 0 Å². The van der Waals surface area contributed by atoms with Gasteiger partial charge in [-0.05, 0) is 18.9 Å². The lowest BCUT2D eigenvalue weighted by Gasteiger charge is -2.21. The van der Waals surface area contributed by atoms with Crippen LogP contribution in [0.5, 0.6) is 0 Å². The fourth-order valence-electron chi connectivity index (χ4n) is 3.74. The Hall–Kier alpha value is -2.14. The standard InChI is InChI=1S/C21H28N2O3/c1-26-14-13-23-15-19(17-11-7-8-12-18(17)21(23)25)20(24)22-16-9-5-3-2-4-6-10-16/h7-8,11-12,15-16H,2-6,9-10,13-14H2,1H3,(H,22,24). The summed E-state index contributed by atoms with van der Waals surface area (Å²) in [5, 5.41) is 4.51. The first-order valence-electron chi connectivity index (χ1n) is 9.62. The predicted molar refractivity (Wildman–Crippen MR) is 104 cm³/mol. The zero-order valence-corrected chi connectivity index (χ0v) is 15.5. The number of aromatic nitrogens is 1. The molecule has 0 unspecified atom stereocenters. The summed E-state index contributed by atoms with van der Waals surface area (Å²) in [5.41, 5.74) is 0.485. The van der Waals surface area contributed by atoms with Crippen molar-refractivity contribution in [2.75, 3.05) is 13.7 Å². The van der Waals surface area contributed by atoms with Crippen molar-refractivity contribution >= 4 is 16.7 Å². The molecule has 0 saturated heterocycles. The largest absolute Gasteiger partial charge is 0.383 e. The molecule has 26 heavy (non-hydrogen) atoms. The van der Waals surface area contributed by atoms with E-state index in [2.05, 4.69) is 5.32 Å². The van der Waals surface area contributed by atoms with Crippen molar-refractivity contribution in [1.82, 2.24) is 9.88 Å². The molecule has 0 aliphatic heterocycles. The van der Waals surface area contributed by atoms with Crippen LogP contribution < -0.4 is 10.9 Å². The number of hydrogen-bond acceptors (Lipinski definition) is 3.